The first-order valence-corrected chi connectivity index (χ1v) is 7.87. The molecule has 0 spiro atoms. The highest BCUT2D eigenvalue weighted by Crippen LogP contribution is 2.38. The third-order valence-electron chi connectivity index (χ3n) is 3.45. The van der Waals surface area contributed by atoms with Gasteiger partial charge in [-0.05, 0) is 23.8 Å². The van der Waals surface area contributed by atoms with Crippen LogP contribution in [0.2, 0.25) is 0 Å². The molecule has 146 valence electrons. The first-order chi connectivity index (χ1) is 13.1. The van der Waals surface area contributed by atoms with Crippen molar-refractivity contribution in [3.8, 4) is 22.8 Å². The summed E-state index contributed by atoms with van der Waals surface area (Å²) in [6.07, 6.45) is 1.11. The van der Waals surface area contributed by atoms with E-state index < -0.39 is 5.97 Å². The molecule has 0 atom stereocenters. The molecule has 1 aromatic heterocycles. The maximum atomic E-state index is 11.9. The Morgan fingerprint density at radius 2 is 1.89 bits per heavy atom. The van der Waals surface area contributed by atoms with Crippen LogP contribution in [0.5, 0.6) is 11.5 Å². The van der Waals surface area contributed by atoms with Gasteiger partial charge in [0.15, 0.2) is 13.6 Å². The fourth-order valence-electron chi connectivity index (χ4n) is 2.35. The molecule has 0 aliphatic rings. The summed E-state index contributed by atoms with van der Waals surface area (Å²) in [5, 5.41) is 11.6. The summed E-state index contributed by atoms with van der Waals surface area (Å²) in [6, 6.07) is 6.60. The smallest absolute Gasteiger partial charge is 0.310 e. The summed E-state index contributed by atoms with van der Waals surface area (Å²) in [4.78, 5) is 11.9. The molecule has 0 saturated carbocycles. The quantitative estimate of drug-likeness (QED) is 0.220. The predicted molar refractivity (Wildman–Crippen MR) is 94.3 cm³/mol. The van der Waals surface area contributed by atoms with Crippen LogP contribution in [0.1, 0.15) is 11.3 Å². The van der Waals surface area contributed by atoms with E-state index in [0.717, 1.165) is 6.21 Å². The predicted octanol–water partition coefficient (Wildman–Crippen LogP) is 2.44. The third-order valence-corrected chi connectivity index (χ3v) is 3.45. The lowest BCUT2D eigenvalue weighted by Crippen LogP contribution is -2.09. The zero-order chi connectivity index (χ0) is 19.6. The Labute approximate surface area is 156 Å². The number of hydrogen-bond acceptors (Lipinski definition) is 9. The number of benzene rings is 1. The maximum Gasteiger partial charge on any atom is 0.310 e. The van der Waals surface area contributed by atoms with Gasteiger partial charge in [-0.1, -0.05) is 5.16 Å². The van der Waals surface area contributed by atoms with Gasteiger partial charge in [0.1, 0.15) is 29.2 Å². The molecule has 0 aliphatic carbocycles. The van der Waals surface area contributed by atoms with Crippen molar-refractivity contribution in [2.75, 3.05) is 34.9 Å². The number of carbonyl (C=O) groups is 1. The first-order valence-electron chi connectivity index (χ1n) is 7.87. The third kappa shape index (κ3) is 5.47. The molecule has 0 radical (unpaired) electrons. The Morgan fingerprint density at radius 1 is 1.15 bits per heavy atom. The fraction of sp³-hybridized carbons (Fsp3) is 0.333. The minimum atomic E-state index is -0.443. The number of oxime groups is 1. The first kappa shape index (κ1) is 20.3. The van der Waals surface area contributed by atoms with Gasteiger partial charge in [0, 0.05) is 20.3 Å². The summed E-state index contributed by atoms with van der Waals surface area (Å²) < 4.78 is 31.5. The Bertz CT molecular complexity index is 784. The highest BCUT2D eigenvalue weighted by Gasteiger charge is 2.20. The van der Waals surface area contributed by atoms with Crippen molar-refractivity contribution >= 4 is 12.2 Å². The Morgan fingerprint density at radius 3 is 2.56 bits per heavy atom. The summed E-state index contributed by atoms with van der Waals surface area (Å²) in [7, 11) is 4.29. The van der Waals surface area contributed by atoms with E-state index in [1.807, 2.05) is 0 Å². The second kappa shape index (κ2) is 10.2. The standard InChI is InChI=1S/C18H21NO8/c1-22-10-25-14-6-12(7-17(20)24-3)18(16(8-14)26-11-23-2)15-5-4-13(27-15)9-19-21/h4-6,8-9,21H,7,10-11H2,1-3H3/b19-9-. The van der Waals surface area contributed by atoms with Gasteiger partial charge in [-0.3, -0.25) is 4.79 Å². The number of methoxy groups -OCH3 is 3. The van der Waals surface area contributed by atoms with E-state index in [-0.39, 0.29) is 20.0 Å². The van der Waals surface area contributed by atoms with Crippen LogP contribution in [0, 0.1) is 0 Å². The molecule has 0 bridgehead atoms. The van der Waals surface area contributed by atoms with Crippen molar-refractivity contribution in [2.45, 2.75) is 6.42 Å². The van der Waals surface area contributed by atoms with Crippen LogP contribution in [-0.2, 0) is 25.4 Å². The summed E-state index contributed by atoms with van der Waals surface area (Å²) in [5.41, 5.74) is 1.09. The Kier molecular flexibility index (Phi) is 7.65. The van der Waals surface area contributed by atoms with E-state index in [2.05, 4.69) is 5.16 Å². The monoisotopic (exact) mass is 379 g/mol. The van der Waals surface area contributed by atoms with Gasteiger partial charge in [0.2, 0.25) is 0 Å². The second-order valence-electron chi connectivity index (χ2n) is 5.26. The maximum absolute atomic E-state index is 11.9. The molecule has 0 fully saturated rings. The van der Waals surface area contributed by atoms with Crippen molar-refractivity contribution < 1.29 is 38.1 Å². The molecular formula is C18H21NO8. The average molecular weight is 379 g/mol. The normalized spacial score (nSPS) is 10.9. The van der Waals surface area contributed by atoms with Crippen molar-refractivity contribution in [3.05, 3.63) is 35.6 Å². The molecule has 27 heavy (non-hydrogen) atoms. The Hall–Kier alpha value is -3.04. The van der Waals surface area contributed by atoms with Gasteiger partial charge in [0.05, 0.1) is 19.1 Å². The molecule has 2 aromatic rings. The van der Waals surface area contributed by atoms with Crippen molar-refractivity contribution in [1.29, 1.82) is 0 Å². The van der Waals surface area contributed by atoms with E-state index >= 15 is 0 Å². The summed E-state index contributed by atoms with van der Waals surface area (Å²) in [5.74, 6) is 1.11. The zero-order valence-electron chi connectivity index (χ0n) is 15.3. The summed E-state index contributed by atoms with van der Waals surface area (Å²) in [6.45, 7) is 0.00263. The van der Waals surface area contributed by atoms with Gasteiger partial charge in [-0.2, -0.15) is 0 Å². The van der Waals surface area contributed by atoms with Crippen LogP contribution in [-0.4, -0.2) is 52.3 Å². The molecule has 2 rings (SSSR count). The fourth-order valence-corrected chi connectivity index (χ4v) is 2.35. The zero-order valence-corrected chi connectivity index (χ0v) is 15.3. The molecule has 1 heterocycles. The number of hydrogen-bond donors (Lipinski definition) is 1. The van der Waals surface area contributed by atoms with E-state index in [0.29, 0.717) is 34.1 Å². The second-order valence-corrected chi connectivity index (χ2v) is 5.26. The van der Waals surface area contributed by atoms with E-state index in [1.165, 1.54) is 21.3 Å². The van der Waals surface area contributed by atoms with Gasteiger partial charge in [-0.15, -0.1) is 0 Å². The van der Waals surface area contributed by atoms with Gasteiger partial charge in [-0.25, -0.2) is 0 Å². The lowest BCUT2D eigenvalue weighted by molar-refractivity contribution is -0.139. The molecule has 1 N–H and O–H groups in total. The molecule has 0 unspecified atom stereocenters. The number of ether oxygens (including phenoxy) is 5. The van der Waals surface area contributed by atoms with Crippen LogP contribution in [0.25, 0.3) is 11.3 Å². The van der Waals surface area contributed by atoms with Crippen molar-refractivity contribution in [2.24, 2.45) is 5.16 Å². The topological polar surface area (TPSA) is 109 Å². The number of nitrogens with zero attached hydrogens (tertiary/aromatic N) is 1. The van der Waals surface area contributed by atoms with Crippen LogP contribution in [0.15, 0.2) is 33.8 Å². The number of carbonyl (C=O) groups excluding carboxylic acids is 1. The summed E-state index contributed by atoms with van der Waals surface area (Å²) >= 11 is 0. The van der Waals surface area contributed by atoms with Gasteiger partial charge < -0.3 is 33.3 Å². The largest absolute Gasteiger partial charge is 0.469 e. The molecule has 9 heteroatoms. The molecule has 0 aliphatic heterocycles. The van der Waals surface area contributed by atoms with E-state index in [9.17, 15) is 4.79 Å². The lowest BCUT2D eigenvalue weighted by Gasteiger charge is -2.16. The van der Waals surface area contributed by atoms with Crippen LogP contribution in [0.4, 0.5) is 0 Å². The molecule has 0 saturated heterocycles. The molecular weight excluding hydrogens is 358 g/mol. The SMILES string of the molecule is COCOc1cc(CC(=O)OC)c(-c2ccc(/C=N\O)o2)c(OCOC)c1. The lowest BCUT2D eigenvalue weighted by atomic mass is 10.0. The van der Waals surface area contributed by atoms with Crippen molar-refractivity contribution in [3.63, 3.8) is 0 Å². The van der Waals surface area contributed by atoms with Crippen LogP contribution in [0.3, 0.4) is 0 Å². The minimum absolute atomic E-state index is 0.0238. The minimum Gasteiger partial charge on any atom is -0.469 e. The van der Waals surface area contributed by atoms with Gasteiger partial charge >= 0.3 is 5.97 Å². The van der Waals surface area contributed by atoms with E-state index in [4.69, 9.17) is 33.3 Å². The van der Waals surface area contributed by atoms with Crippen molar-refractivity contribution in [1.82, 2.24) is 0 Å². The van der Waals surface area contributed by atoms with Gasteiger partial charge in [0.25, 0.3) is 0 Å². The molecule has 1 aromatic carbocycles. The number of esters is 1. The average Bonchev–Trinajstić information content (AvgIpc) is 3.12. The highest BCUT2D eigenvalue weighted by molar-refractivity contribution is 5.82. The van der Waals surface area contributed by atoms with Crippen LogP contribution >= 0.6 is 0 Å². The van der Waals surface area contributed by atoms with E-state index in [1.54, 1.807) is 24.3 Å². The molecule has 0 amide bonds. The highest BCUT2D eigenvalue weighted by atomic mass is 16.7. The molecule has 9 nitrogen and oxygen atoms in total. The van der Waals surface area contributed by atoms with Crippen LogP contribution < -0.4 is 9.47 Å². The Balaban J connectivity index is 2.56. The number of rotatable bonds is 10. The number of furan rings is 1.